The van der Waals surface area contributed by atoms with Gasteiger partial charge in [0.1, 0.15) is 23.2 Å². The lowest BCUT2D eigenvalue weighted by Crippen LogP contribution is -2.30. The lowest BCUT2D eigenvalue weighted by atomic mass is 10.1. The Morgan fingerprint density at radius 2 is 0.967 bits per heavy atom. The molecule has 0 radical (unpaired) electrons. The van der Waals surface area contributed by atoms with Crippen molar-refractivity contribution in [1.82, 2.24) is 10.6 Å². The molecule has 6 heteroatoms. The van der Waals surface area contributed by atoms with Gasteiger partial charge in [-0.05, 0) is 25.0 Å². The third kappa shape index (κ3) is 4.26. The van der Waals surface area contributed by atoms with E-state index < -0.39 is 0 Å². The van der Waals surface area contributed by atoms with E-state index in [-0.39, 0.29) is 12.4 Å². The number of nitrogens with one attached hydrogen (secondary N) is 2. The highest BCUT2D eigenvalue weighted by molar-refractivity contribution is 6.00. The normalized spacial score (nSPS) is 15.9. The third-order valence-electron chi connectivity index (χ3n) is 5.29. The molecule has 2 N–H and O–H groups in total. The zero-order chi connectivity index (χ0) is 19.5. The van der Waals surface area contributed by atoms with Crippen LogP contribution in [-0.4, -0.2) is 37.9 Å². The average Bonchev–Trinajstić information content (AvgIpc) is 3.31. The Morgan fingerprint density at radius 3 is 1.33 bits per heavy atom. The summed E-state index contributed by atoms with van der Waals surface area (Å²) in [5, 5.41) is 6.72. The van der Waals surface area contributed by atoms with E-state index in [1.54, 1.807) is 0 Å². The van der Waals surface area contributed by atoms with Crippen LogP contribution in [0, 0.1) is 0 Å². The molecule has 0 spiro atoms. The van der Waals surface area contributed by atoms with Gasteiger partial charge in [-0.15, -0.1) is 12.4 Å². The zero-order valence-corrected chi connectivity index (χ0v) is 17.5. The first-order chi connectivity index (χ1) is 14.4. The van der Waals surface area contributed by atoms with E-state index in [9.17, 15) is 0 Å². The molecule has 0 unspecified atom stereocenters. The van der Waals surface area contributed by atoms with E-state index >= 15 is 0 Å². The number of benzene rings is 2. The van der Waals surface area contributed by atoms with Crippen LogP contribution in [0.4, 0.5) is 0 Å². The first-order valence-corrected chi connectivity index (χ1v) is 10.2. The number of halogens is 1. The molecule has 0 atom stereocenters. The van der Waals surface area contributed by atoms with Crippen molar-refractivity contribution >= 4 is 24.1 Å². The summed E-state index contributed by atoms with van der Waals surface area (Å²) < 4.78 is 6.13. The number of rotatable bonds is 4. The van der Waals surface area contributed by atoms with E-state index in [0.29, 0.717) is 0 Å². The summed E-state index contributed by atoms with van der Waals surface area (Å²) in [6.45, 7) is 3.77. The van der Waals surface area contributed by atoms with Gasteiger partial charge in [-0.2, -0.15) is 0 Å². The molecule has 3 aromatic rings. The van der Waals surface area contributed by atoms with Crippen LogP contribution in [0.1, 0.15) is 24.0 Å². The van der Waals surface area contributed by atoms with Gasteiger partial charge in [-0.3, -0.25) is 9.98 Å². The van der Waals surface area contributed by atoms with Crippen molar-refractivity contribution in [1.29, 1.82) is 0 Å². The number of aliphatic imine (C=N–C) groups is 2. The Labute approximate surface area is 182 Å². The monoisotopic (exact) mass is 420 g/mol. The summed E-state index contributed by atoms with van der Waals surface area (Å²) in [4.78, 5) is 9.11. The van der Waals surface area contributed by atoms with E-state index in [0.717, 1.165) is 84.5 Å². The maximum Gasteiger partial charge on any atom is 0.134 e. The molecule has 0 amide bonds. The van der Waals surface area contributed by atoms with Gasteiger partial charge in [0, 0.05) is 48.4 Å². The number of hydrogen-bond donors (Lipinski definition) is 2. The Bertz CT molecular complexity index is 968. The average molecular weight is 421 g/mol. The van der Waals surface area contributed by atoms with Crippen molar-refractivity contribution in [2.24, 2.45) is 9.98 Å². The highest BCUT2D eigenvalue weighted by atomic mass is 35.5. The molecule has 0 saturated heterocycles. The molecule has 3 heterocycles. The number of nitrogens with zero attached hydrogens (tertiary/aromatic N) is 2. The number of furan rings is 1. The predicted molar refractivity (Wildman–Crippen MR) is 125 cm³/mol. The van der Waals surface area contributed by atoms with Crippen molar-refractivity contribution in [3.63, 3.8) is 0 Å². The van der Waals surface area contributed by atoms with Crippen molar-refractivity contribution in [2.45, 2.75) is 12.8 Å². The summed E-state index contributed by atoms with van der Waals surface area (Å²) in [6, 6.07) is 20.8. The maximum absolute atomic E-state index is 6.13. The summed E-state index contributed by atoms with van der Waals surface area (Å²) in [7, 11) is 0. The highest BCUT2D eigenvalue weighted by Crippen LogP contribution is 2.29. The van der Waals surface area contributed by atoms with Gasteiger partial charge >= 0.3 is 0 Å². The maximum atomic E-state index is 6.13. The van der Waals surface area contributed by atoms with Gasteiger partial charge in [-0.1, -0.05) is 48.5 Å². The van der Waals surface area contributed by atoms with E-state index in [1.807, 2.05) is 12.1 Å². The predicted octanol–water partition coefficient (Wildman–Crippen LogP) is 4.52. The second kappa shape index (κ2) is 9.18. The fourth-order valence-corrected chi connectivity index (χ4v) is 3.68. The van der Waals surface area contributed by atoms with Crippen LogP contribution in [0.15, 0.2) is 75.1 Å². The zero-order valence-electron chi connectivity index (χ0n) is 16.7. The number of hydrogen-bond acceptors (Lipinski definition) is 5. The van der Waals surface area contributed by atoms with Crippen molar-refractivity contribution in [2.75, 3.05) is 26.2 Å². The largest absolute Gasteiger partial charge is 0.456 e. The molecule has 154 valence electrons. The molecule has 0 aliphatic carbocycles. The summed E-state index contributed by atoms with van der Waals surface area (Å²) in [5.41, 5.74) is 4.37. The summed E-state index contributed by atoms with van der Waals surface area (Å²) >= 11 is 0. The van der Waals surface area contributed by atoms with Crippen molar-refractivity contribution in [3.8, 4) is 22.6 Å². The molecule has 0 bridgehead atoms. The van der Waals surface area contributed by atoms with Crippen LogP contribution in [0.3, 0.4) is 0 Å². The van der Waals surface area contributed by atoms with Gasteiger partial charge in [0.2, 0.25) is 0 Å². The van der Waals surface area contributed by atoms with Gasteiger partial charge in [0.15, 0.2) is 0 Å². The van der Waals surface area contributed by atoms with Crippen LogP contribution >= 0.6 is 12.4 Å². The van der Waals surface area contributed by atoms with E-state index in [4.69, 9.17) is 4.42 Å². The highest BCUT2D eigenvalue weighted by Gasteiger charge is 2.11. The van der Waals surface area contributed by atoms with Crippen LogP contribution in [-0.2, 0) is 0 Å². The van der Waals surface area contributed by atoms with Crippen LogP contribution < -0.4 is 10.6 Å². The summed E-state index contributed by atoms with van der Waals surface area (Å²) in [6.07, 6.45) is 2.20. The minimum Gasteiger partial charge on any atom is -0.456 e. The molecule has 2 aliphatic heterocycles. The first kappa shape index (κ1) is 20.2. The Morgan fingerprint density at radius 1 is 0.567 bits per heavy atom. The summed E-state index contributed by atoms with van der Waals surface area (Å²) in [5.74, 6) is 3.71. The van der Waals surface area contributed by atoms with Gasteiger partial charge < -0.3 is 15.1 Å². The van der Waals surface area contributed by atoms with Crippen molar-refractivity contribution in [3.05, 3.63) is 71.8 Å². The second-order valence-electron chi connectivity index (χ2n) is 7.34. The molecule has 1 aromatic heterocycles. The van der Waals surface area contributed by atoms with E-state index in [2.05, 4.69) is 69.1 Å². The molecule has 2 aromatic carbocycles. The second-order valence-corrected chi connectivity index (χ2v) is 7.34. The molecule has 2 aliphatic rings. The molecule has 30 heavy (non-hydrogen) atoms. The van der Waals surface area contributed by atoms with Crippen molar-refractivity contribution < 1.29 is 4.42 Å². The third-order valence-corrected chi connectivity index (χ3v) is 5.29. The van der Waals surface area contributed by atoms with Crippen LogP contribution in [0.25, 0.3) is 22.6 Å². The van der Waals surface area contributed by atoms with Crippen LogP contribution in [0.2, 0.25) is 0 Å². The van der Waals surface area contributed by atoms with Gasteiger partial charge in [0.05, 0.1) is 0 Å². The first-order valence-electron chi connectivity index (χ1n) is 10.2. The smallest absolute Gasteiger partial charge is 0.134 e. The SMILES string of the molecule is Cl.c1cc(-c2ccc(-c3ccc(C4=NCCCN4)cc3)o2)ccc1C1=NCCCN1. The molecule has 0 saturated carbocycles. The van der Waals surface area contributed by atoms with Crippen LogP contribution in [0.5, 0.6) is 0 Å². The van der Waals surface area contributed by atoms with E-state index in [1.165, 1.54) is 0 Å². The fraction of sp³-hybridized carbons (Fsp3) is 0.250. The molecular weight excluding hydrogens is 396 g/mol. The molecule has 0 fully saturated rings. The minimum absolute atomic E-state index is 0. The Balaban J connectivity index is 0.00000218. The Hall–Kier alpha value is -3.05. The topological polar surface area (TPSA) is 61.9 Å². The molecule has 5 rings (SSSR count). The van der Waals surface area contributed by atoms with Gasteiger partial charge in [-0.25, -0.2) is 0 Å². The lowest BCUT2D eigenvalue weighted by Gasteiger charge is -2.14. The minimum atomic E-state index is 0. The lowest BCUT2D eigenvalue weighted by molar-refractivity contribution is 0.597. The fourth-order valence-electron chi connectivity index (χ4n) is 3.68. The molecular formula is C24H25ClN4O. The Kier molecular flexibility index (Phi) is 6.19. The molecule has 5 nitrogen and oxygen atoms in total. The quantitative estimate of drug-likeness (QED) is 0.652. The standard InChI is InChI=1S/C24H24N4O.ClH/c1-13-25-23(26-14-1)19-7-3-17(4-8-19)21-11-12-22(29-21)18-5-9-20(10-6-18)24-27-15-2-16-28-24;/h3-12H,1-2,13-16H2,(H,25,26)(H,27,28);1H. The number of amidine groups is 2. The van der Waals surface area contributed by atoms with Gasteiger partial charge in [0.25, 0.3) is 0 Å².